The lowest BCUT2D eigenvalue weighted by Gasteiger charge is -2.46. The molecule has 0 atom stereocenters. The van der Waals surface area contributed by atoms with Gasteiger partial charge in [0.15, 0.2) is 0 Å². The van der Waals surface area contributed by atoms with E-state index in [-0.39, 0.29) is 55.0 Å². The standard InChI is InChI=1S/C112H77BN4O/c1-112(2,3)95-52-25-19-45-84(95)81-68-104-109-105(69-81)117(111-93(78-44-31-43-77(63-78)72-33-9-4-10-34-72)66-80(74-37-13-6-14-38-74)67-94(111)89-51-32-58-107-108(89)90-50-24-30-57-106(90)118-107)103-71-83(115-100-55-28-22-48-87(100)88-49-23-29-56-101(88)115)60-62-97(103)113(109)96-61-59-82(114-98-53-26-20-46-85(98)86-47-21-27-54-99(86)114)70-102(96)116(104)110-91(75-39-15-7-16-40-75)64-79(73-35-11-5-12-36-73)65-92(110)76-41-17-8-18-42-76/h4-71H,1-3H3/i20D,21D,22D,23D,26D,27D,28D,29D,46D,47D,48D,49D,53D,54D,55D,56D. The maximum atomic E-state index is 10.1. The summed E-state index contributed by atoms with van der Waals surface area (Å²) in [6.45, 7) is 5.72. The van der Waals surface area contributed by atoms with Gasteiger partial charge in [-0.1, -0.05) is 330 Å². The Kier molecular flexibility index (Phi) is 12.5. The molecule has 0 radical (unpaired) electrons. The van der Waals surface area contributed by atoms with Crippen molar-refractivity contribution in [3.63, 3.8) is 0 Å². The van der Waals surface area contributed by atoms with Crippen LogP contribution in [0.5, 0.6) is 0 Å². The van der Waals surface area contributed by atoms with E-state index in [2.05, 4.69) is 188 Å². The molecule has 5 nitrogen and oxygen atoms in total. The second-order valence-corrected chi connectivity index (χ2v) is 31.4. The number of furan rings is 1. The Labute approximate surface area is 708 Å². The highest BCUT2D eigenvalue weighted by molar-refractivity contribution is 7.00. The van der Waals surface area contributed by atoms with Crippen molar-refractivity contribution < 1.29 is 26.3 Å². The molecule has 0 spiro atoms. The average molecular weight is 1520 g/mol. The van der Waals surface area contributed by atoms with Crippen LogP contribution in [0.1, 0.15) is 48.3 Å². The Bertz CT molecular complexity index is 8420. The molecule has 118 heavy (non-hydrogen) atoms. The van der Waals surface area contributed by atoms with Crippen LogP contribution in [0.15, 0.2) is 417 Å². The number of fused-ring (bicyclic) bond motifs is 13. The fourth-order valence-electron chi connectivity index (χ4n) is 18.6. The van der Waals surface area contributed by atoms with Crippen LogP contribution in [0.3, 0.4) is 0 Å². The van der Waals surface area contributed by atoms with Crippen LogP contribution in [0, 0.1) is 0 Å². The lowest BCUT2D eigenvalue weighted by atomic mass is 9.33. The number of benzene rings is 18. The number of nitrogens with zero attached hydrogens (tertiary/aromatic N) is 4. The Morgan fingerprint density at radius 3 is 1.15 bits per heavy atom. The van der Waals surface area contributed by atoms with Crippen molar-refractivity contribution in [1.82, 2.24) is 9.13 Å². The summed E-state index contributed by atoms with van der Waals surface area (Å²) in [4.78, 5) is 4.70. The fraction of sp³-hybridized carbons (Fsp3) is 0.0357. The van der Waals surface area contributed by atoms with E-state index in [1.54, 1.807) is 9.13 Å². The molecule has 0 fully saturated rings. The molecule has 0 amide bonds. The van der Waals surface area contributed by atoms with Crippen LogP contribution >= 0.6 is 0 Å². The minimum Gasteiger partial charge on any atom is -0.456 e. The molecule has 5 heterocycles. The van der Waals surface area contributed by atoms with Gasteiger partial charge in [0.2, 0.25) is 0 Å². The summed E-state index contributed by atoms with van der Waals surface area (Å²) in [5.41, 5.74) is 21.6. The average Bonchev–Trinajstić information content (AvgIpc) is 0.870. The van der Waals surface area contributed by atoms with E-state index in [1.807, 2.05) is 158 Å². The van der Waals surface area contributed by atoms with Gasteiger partial charge < -0.3 is 23.4 Å². The molecule has 18 aromatic carbocycles. The predicted molar refractivity (Wildman–Crippen MR) is 499 cm³/mol. The van der Waals surface area contributed by atoms with Crippen LogP contribution in [-0.2, 0) is 5.41 Å². The van der Waals surface area contributed by atoms with Crippen molar-refractivity contribution in [2.75, 3.05) is 9.80 Å². The first-order valence-corrected chi connectivity index (χ1v) is 39.7. The highest BCUT2D eigenvalue weighted by atomic mass is 16.3. The van der Waals surface area contributed by atoms with Gasteiger partial charge in [0.25, 0.3) is 6.71 Å². The number of aromatic nitrogens is 2. The molecule has 0 saturated heterocycles. The van der Waals surface area contributed by atoms with Crippen molar-refractivity contribution in [3.05, 3.63) is 418 Å². The van der Waals surface area contributed by atoms with E-state index >= 15 is 0 Å². The molecule has 2 aliphatic heterocycles. The van der Waals surface area contributed by atoms with Crippen molar-refractivity contribution in [1.29, 1.82) is 0 Å². The lowest BCUT2D eigenvalue weighted by molar-refractivity contribution is 0.592. The van der Waals surface area contributed by atoms with Crippen LogP contribution < -0.4 is 26.2 Å². The summed E-state index contributed by atoms with van der Waals surface area (Å²) in [6.07, 6.45) is 0. The molecule has 0 saturated carbocycles. The molecule has 3 aromatic heterocycles. The Morgan fingerprint density at radius 2 is 0.653 bits per heavy atom. The first kappa shape index (κ1) is 53.9. The van der Waals surface area contributed by atoms with Gasteiger partial charge >= 0.3 is 0 Å². The van der Waals surface area contributed by atoms with Crippen molar-refractivity contribution in [2.45, 2.75) is 26.2 Å². The lowest BCUT2D eigenvalue weighted by Crippen LogP contribution is -2.61. The topological polar surface area (TPSA) is 29.5 Å². The SMILES string of the molecule is [2H]c1c([2H])c([2H])c2c(c1[2H])c1c([2H])c([2H])c([2H])c([2H])c1n2-c1ccc2c(c1)N(c1c(-c3ccccc3)cc(-c3ccccc3)cc1-c1ccccc1)c1cc(-c3ccccc3C(C)(C)C)cc3c1B2c1ccc(-n2c4c([2H])c([2H])c([2H])c([2H])c4c4c([2H])c([2H])c([2H])c([2H])c42)cc1N3c1c(-c2cccc(-c3ccccc3)c2)cc(-c2ccccc2)cc1-c1cccc2oc3ccccc3c12. The van der Waals surface area contributed by atoms with Crippen LogP contribution in [0.2, 0.25) is 0 Å². The fourth-order valence-corrected chi connectivity index (χ4v) is 18.6. The van der Waals surface area contributed by atoms with Gasteiger partial charge in [-0.15, -0.1) is 0 Å². The monoisotopic (exact) mass is 1520 g/mol. The smallest absolute Gasteiger partial charge is 0.252 e. The molecule has 0 N–H and O–H groups in total. The summed E-state index contributed by atoms with van der Waals surface area (Å²) in [7, 11) is 0. The quantitative estimate of drug-likeness (QED) is 0.114. The highest BCUT2D eigenvalue weighted by Crippen LogP contribution is 2.57. The van der Waals surface area contributed by atoms with Crippen LogP contribution in [-0.4, -0.2) is 15.8 Å². The zero-order valence-corrected chi connectivity index (χ0v) is 64.3. The van der Waals surface area contributed by atoms with E-state index in [4.69, 9.17) is 4.42 Å². The zero-order chi connectivity index (χ0) is 92.2. The molecule has 0 bridgehead atoms. The first-order valence-electron chi connectivity index (χ1n) is 47.7. The van der Waals surface area contributed by atoms with Gasteiger partial charge in [-0.2, -0.15) is 0 Å². The Balaban J connectivity index is 0.964. The maximum absolute atomic E-state index is 10.1. The minimum atomic E-state index is -0.880. The minimum absolute atomic E-state index is 0.0736. The molecule has 21 aromatic rings. The second-order valence-electron chi connectivity index (χ2n) is 31.4. The van der Waals surface area contributed by atoms with Gasteiger partial charge in [-0.3, -0.25) is 0 Å². The number of rotatable bonds is 12. The van der Waals surface area contributed by atoms with E-state index in [1.165, 1.54) is 0 Å². The molecular formula is C112H77BN4O. The molecule has 554 valence electrons. The number of anilines is 6. The molecule has 23 rings (SSSR count). The summed E-state index contributed by atoms with van der Waals surface area (Å²) in [6, 6.07) is 99.4. The molecular weight excluding hydrogens is 1430 g/mol. The number of hydrogen-bond donors (Lipinski definition) is 0. The normalized spacial score (nSPS) is 14.4. The number of hydrogen-bond acceptors (Lipinski definition) is 3. The summed E-state index contributed by atoms with van der Waals surface area (Å²) < 4.78 is 165. The molecule has 0 unspecified atom stereocenters. The zero-order valence-electron chi connectivity index (χ0n) is 80.3. The van der Waals surface area contributed by atoms with Gasteiger partial charge in [0, 0.05) is 88.7 Å². The Hall–Kier alpha value is -15.0. The van der Waals surface area contributed by atoms with Crippen LogP contribution in [0.25, 0.3) is 166 Å². The van der Waals surface area contributed by atoms with E-state index in [0.29, 0.717) is 56.2 Å². The third-order valence-corrected chi connectivity index (χ3v) is 23.7. The molecule has 2 aliphatic rings. The van der Waals surface area contributed by atoms with E-state index < -0.39 is 109 Å². The predicted octanol–water partition coefficient (Wildman–Crippen LogP) is 28.5. The molecule has 0 aliphatic carbocycles. The first-order chi connectivity index (χ1) is 64.8. The van der Waals surface area contributed by atoms with Crippen LogP contribution in [0.4, 0.5) is 34.1 Å². The summed E-state index contributed by atoms with van der Waals surface area (Å²) in [5.74, 6) is 0. The second kappa shape index (κ2) is 27.4. The summed E-state index contributed by atoms with van der Waals surface area (Å²) in [5, 5.41) is 1.30. The van der Waals surface area contributed by atoms with Gasteiger partial charge in [-0.25, -0.2) is 0 Å². The van der Waals surface area contributed by atoms with Gasteiger partial charge in [0.1, 0.15) is 11.2 Å². The van der Waals surface area contributed by atoms with E-state index in [9.17, 15) is 21.9 Å². The number of para-hydroxylation sites is 5. The van der Waals surface area contributed by atoms with E-state index in [0.717, 1.165) is 111 Å². The largest absolute Gasteiger partial charge is 0.456 e. The van der Waals surface area contributed by atoms with Crippen molar-refractivity contribution >= 4 is 123 Å². The third-order valence-electron chi connectivity index (χ3n) is 23.7. The van der Waals surface area contributed by atoms with Gasteiger partial charge in [-0.05, 0) is 197 Å². The van der Waals surface area contributed by atoms with Gasteiger partial charge in [0.05, 0.1) is 55.4 Å². The Morgan fingerprint density at radius 1 is 0.271 bits per heavy atom. The highest BCUT2D eigenvalue weighted by Gasteiger charge is 2.47. The molecule has 6 heteroatoms. The summed E-state index contributed by atoms with van der Waals surface area (Å²) >= 11 is 0. The van der Waals surface area contributed by atoms with Crippen molar-refractivity contribution in [2.24, 2.45) is 0 Å². The maximum Gasteiger partial charge on any atom is 0.252 e. The van der Waals surface area contributed by atoms with Crippen molar-refractivity contribution in [3.8, 4) is 100 Å². The third kappa shape index (κ3) is 11.0.